The first kappa shape index (κ1) is 44.8. The van der Waals surface area contributed by atoms with Gasteiger partial charge >= 0.3 is 36.3 Å². The van der Waals surface area contributed by atoms with Gasteiger partial charge in [0.05, 0.1) is 0 Å². The van der Waals surface area contributed by atoms with Crippen LogP contribution in [0, 0.1) is 0 Å². The molecule has 0 aliphatic rings. The predicted molar refractivity (Wildman–Crippen MR) is 215 cm³/mol. The lowest BCUT2D eigenvalue weighted by atomic mass is 10.1. The SMILES string of the molecule is O=C(NCCCCC(NC(=O)OCc1ccccc1)C(=O)OC(=O)C(CCCCNC(=O)OCc1ccccc1)NC(=O)OCc1ccccc1)OCc1ccccc1. The van der Waals surface area contributed by atoms with Crippen molar-refractivity contribution in [2.75, 3.05) is 13.1 Å². The fourth-order valence-corrected chi connectivity index (χ4v) is 5.43. The summed E-state index contributed by atoms with van der Waals surface area (Å²) >= 11 is 0. The molecule has 4 aromatic carbocycles. The number of nitrogens with one attached hydrogen (secondary N) is 4. The van der Waals surface area contributed by atoms with E-state index in [1.807, 2.05) is 72.8 Å². The lowest BCUT2D eigenvalue weighted by Gasteiger charge is -2.20. The monoisotopic (exact) mass is 810 g/mol. The Bertz CT molecular complexity index is 1750. The summed E-state index contributed by atoms with van der Waals surface area (Å²) in [6.07, 6.45) is -1.59. The minimum absolute atomic E-state index is 0.0244. The second kappa shape index (κ2) is 26.1. The fourth-order valence-electron chi connectivity index (χ4n) is 5.43. The van der Waals surface area contributed by atoms with E-state index >= 15 is 0 Å². The Hall–Kier alpha value is -6.90. The number of rotatable bonds is 22. The molecular weight excluding hydrogens is 761 g/mol. The molecular formula is C44H50N4O11. The van der Waals surface area contributed by atoms with Crippen LogP contribution >= 0.6 is 0 Å². The van der Waals surface area contributed by atoms with E-state index in [-0.39, 0.29) is 52.4 Å². The van der Waals surface area contributed by atoms with Crippen LogP contribution in [-0.2, 0) is 59.7 Å². The topological polar surface area (TPSA) is 197 Å². The highest BCUT2D eigenvalue weighted by Gasteiger charge is 2.30. The number of benzene rings is 4. The Kier molecular flexibility index (Phi) is 19.8. The smallest absolute Gasteiger partial charge is 0.408 e. The standard InChI is InChI=1S/C44H50N4O11/c49-39(37(47-43(53)57-31-35-21-9-3-10-22-35)25-13-15-27-45-41(51)55-29-33-17-5-1-6-18-33)59-40(50)38(48-44(54)58-32-36-23-11-4-12-24-36)26-14-16-28-46-42(52)56-30-34-19-7-2-8-20-34/h1-12,17-24,37-38H,13-16,25-32H2,(H,45,51)(H,46,52)(H,47,53)(H,48,54). The van der Waals surface area contributed by atoms with E-state index in [0.717, 1.165) is 22.3 Å². The maximum atomic E-state index is 13.5. The number of esters is 2. The second-order valence-electron chi connectivity index (χ2n) is 13.2. The summed E-state index contributed by atoms with van der Waals surface area (Å²) in [5, 5.41) is 10.2. The molecule has 0 aliphatic carbocycles. The number of carbonyl (C=O) groups excluding carboxylic acids is 6. The molecule has 4 rings (SSSR count). The van der Waals surface area contributed by atoms with Gasteiger partial charge in [-0.05, 0) is 60.8 Å². The van der Waals surface area contributed by atoms with Gasteiger partial charge in [0.25, 0.3) is 0 Å². The van der Waals surface area contributed by atoms with Gasteiger partial charge in [-0.25, -0.2) is 28.8 Å². The maximum Gasteiger partial charge on any atom is 0.408 e. The fraction of sp³-hybridized carbons (Fsp3) is 0.318. The zero-order chi connectivity index (χ0) is 41.9. The molecule has 15 nitrogen and oxygen atoms in total. The van der Waals surface area contributed by atoms with Gasteiger partial charge in [0, 0.05) is 13.1 Å². The molecule has 0 aliphatic heterocycles. The summed E-state index contributed by atoms with van der Waals surface area (Å²) in [5.74, 6) is -2.15. The van der Waals surface area contributed by atoms with E-state index in [0.29, 0.717) is 25.7 Å². The minimum Gasteiger partial charge on any atom is -0.445 e. The lowest BCUT2D eigenvalue weighted by molar-refractivity contribution is -0.162. The third-order valence-electron chi connectivity index (χ3n) is 8.58. The molecule has 15 heteroatoms. The molecule has 0 saturated heterocycles. The van der Waals surface area contributed by atoms with Gasteiger partial charge in [0.2, 0.25) is 0 Å². The number of ether oxygens (including phenoxy) is 5. The van der Waals surface area contributed by atoms with E-state index in [1.54, 1.807) is 48.5 Å². The van der Waals surface area contributed by atoms with Crippen LogP contribution in [0.5, 0.6) is 0 Å². The lowest BCUT2D eigenvalue weighted by Crippen LogP contribution is -2.47. The van der Waals surface area contributed by atoms with E-state index in [9.17, 15) is 28.8 Å². The molecule has 0 bridgehead atoms. The van der Waals surface area contributed by atoms with Crippen molar-refractivity contribution < 1.29 is 52.5 Å². The van der Waals surface area contributed by atoms with Crippen molar-refractivity contribution in [2.45, 2.75) is 77.0 Å². The molecule has 0 spiro atoms. The summed E-state index contributed by atoms with van der Waals surface area (Å²) in [6, 6.07) is 33.6. The van der Waals surface area contributed by atoms with Gasteiger partial charge in [-0.1, -0.05) is 121 Å². The summed E-state index contributed by atoms with van der Waals surface area (Å²) in [6.45, 7) is 0.487. The molecule has 0 aromatic heterocycles. The number of unbranched alkanes of at least 4 members (excludes halogenated alkanes) is 2. The number of hydrogen-bond acceptors (Lipinski definition) is 11. The normalized spacial score (nSPS) is 11.5. The van der Waals surface area contributed by atoms with E-state index < -0.39 is 48.4 Å². The quantitative estimate of drug-likeness (QED) is 0.0281. The maximum absolute atomic E-state index is 13.5. The number of carbonyl (C=O) groups is 6. The van der Waals surface area contributed by atoms with Crippen molar-refractivity contribution in [1.29, 1.82) is 0 Å². The van der Waals surface area contributed by atoms with Crippen molar-refractivity contribution in [3.63, 3.8) is 0 Å². The van der Waals surface area contributed by atoms with Crippen molar-refractivity contribution >= 4 is 36.3 Å². The molecule has 4 amide bonds. The molecule has 2 unspecified atom stereocenters. The highest BCUT2D eigenvalue weighted by molar-refractivity contribution is 5.93. The van der Waals surface area contributed by atoms with Crippen LogP contribution < -0.4 is 21.3 Å². The third kappa shape index (κ3) is 18.7. The zero-order valence-electron chi connectivity index (χ0n) is 32.7. The average molecular weight is 811 g/mol. The van der Waals surface area contributed by atoms with Crippen LogP contribution in [0.2, 0.25) is 0 Å². The molecule has 2 atom stereocenters. The molecule has 4 N–H and O–H groups in total. The number of amides is 4. The molecule has 0 radical (unpaired) electrons. The number of hydrogen-bond donors (Lipinski definition) is 4. The van der Waals surface area contributed by atoms with Gasteiger partial charge < -0.3 is 45.0 Å². The minimum atomic E-state index is -1.32. The summed E-state index contributed by atoms with van der Waals surface area (Å²) in [5.41, 5.74) is 3.10. The van der Waals surface area contributed by atoms with Crippen LogP contribution in [0.3, 0.4) is 0 Å². The highest BCUT2D eigenvalue weighted by Crippen LogP contribution is 2.11. The van der Waals surface area contributed by atoms with Crippen molar-refractivity contribution in [3.05, 3.63) is 144 Å². The zero-order valence-corrected chi connectivity index (χ0v) is 32.7. The Morgan fingerprint density at radius 2 is 0.678 bits per heavy atom. The third-order valence-corrected chi connectivity index (χ3v) is 8.58. The van der Waals surface area contributed by atoms with Gasteiger partial charge in [-0.2, -0.15) is 0 Å². The van der Waals surface area contributed by atoms with Crippen molar-refractivity contribution in [2.24, 2.45) is 0 Å². The van der Waals surface area contributed by atoms with Crippen molar-refractivity contribution in [1.82, 2.24) is 21.3 Å². The van der Waals surface area contributed by atoms with Crippen LogP contribution in [0.4, 0.5) is 19.2 Å². The molecule has 4 aromatic rings. The molecule has 59 heavy (non-hydrogen) atoms. The first-order chi connectivity index (χ1) is 28.7. The largest absolute Gasteiger partial charge is 0.445 e. The molecule has 0 fully saturated rings. The van der Waals surface area contributed by atoms with Crippen LogP contribution in [-0.4, -0.2) is 61.5 Å². The summed E-state index contributed by atoms with van der Waals surface area (Å²) < 4.78 is 26.3. The van der Waals surface area contributed by atoms with E-state index in [2.05, 4.69) is 21.3 Å². The van der Waals surface area contributed by atoms with Gasteiger partial charge in [-0.3, -0.25) is 0 Å². The predicted octanol–water partition coefficient (Wildman–Crippen LogP) is 6.84. The highest BCUT2D eigenvalue weighted by atomic mass is 16.6. The van der Waals surface area contributed by atoms with Crippen molar-refractivity contribution in [3.8, 4) is 0 Å². The number of alkyl carbamates (subject to hydrolysis) is 4. The Labute approximate surface area is 343 Å². The van der Waals surface area contributed by atoms with E-state index in [1.165, 1.54) is 0 Å². The molecule has 0 saturated carbocycles. The van der Waals surface area contributed by atoms with Gasteiger partial charge in [0.15, 0.2) is 0 Å². The van der Waals surface area contributed by atoms with E-state index in [4.69, 9.17) is 23.7 Å². The summed E-state index contributed by atoms with van der Waals surface area (Å²) in [7, 11) is 0. The Balaban J connectivity index is 1.31. The first-order valence-corrected chi connectivity index (χ1v) is 19.3. The summed E-state index contributed by atoms with van der Waals surface area (Å²) in [4.78, 5) is 76.9. The van der Waals surface area contributed by atoms with Gasteiger partial charge in [0.1, 0.15) is 38.5 Å². The average Bonchev–Trinajstić information content (AvgIpc) is 3.26. The van der Waals surface area contributed by atoms with Gasteiger partial charge in [-0.15, -0.1) is 0 Å². The van der Waals surface area contributed by atoms with Crippen LogP contribution in [0.25, 0.3) is 0 Å². The first-order valence-electron chi connectivity index (χ1n) is 19.3. The van der Waals surface area contributed by atoms with Crippen LogP contribution in [0.15, 0.2) is 121 Å². The molecule has 0 heterocycles. The Morgan fingerprint density at radius 3 is 0.983 bits per heavy atom. The second-order valence-corrected chi connectivity index (χ2v) is 13.2. The Morgan fingerprint density at radius 1 is 0.390 bits per heavy atom. The van der Waals surface area contributed by atoms with Crippen LogP contribution in [0.1, 0.15) is 60.8 Å². The molecule has 312 valence electrons.